The van der Waals surface area contributed by atoms with Crippen LogP contribution in [0.5, 0.6) is 0 Å². The van der Waals surface area contributed by atoms with Gasteiger partial charge in [-0.05, 0) is 5.56 Å². The third kappa shape index (κ3) is 2.91. The molecule has 0 fully saturated rings. The zero-order valence-electron chi connectivity index (χ0n) is 8.04. The molecule has 5 nitrogen and oxygen atoms in total. The van der Waals surface area contributed by atoms with Gasteiger partial charge in [0.2, 0.25) is 6.20 Å². The zero-order chi connectivity index (χ0) is 11.3. The van der Waals surface area contributed by atoms with Crippen molar-refractivity contribution in [3.05, 3.63) is 52.2 Å². The quantitative estimate of drug-likeness (QED) is 0.326. The SMILES string of the molecule is COC(=O)/C(=C\[N+](=O)[O-])c1ccccc1. The third-order valence-corrected chi connectivity index (χ3v) is 1.72. The first-order chi connectivity index (χ1) is 7.15. The van der Waals surface area contributed by atoms with E-state index in [4.69, 9.17) is 0 Å². The highest BCUT2D eigenvalue weighted by Crippen LogP contribution is 2.15. The van der Waals surface area contributed by atoms with Crippen LogP contribution in [0.1, 0.15) is 5.56 Å². The van der Waals surface area contributed by atoms with Crippen molar-refractivity contribution in [2.45, 2.75) is 0 Å². The summed E-state index contributed by atoms with van der Waals surface area (Å²) < 4.78 is 4.46. The van der Waals surface area contributed by atoms with Crippen molar-refractivity contribution in [1.82, 2.24) is 0 Å². The Morgan fingerprint density at radius 3 is 2.47 bits per heavy atom. The molecular formula is C10H9NO4. The Morgan fingerprint density at radius 1 is 1.40 bits per heavy atom. The fourth-order valence-electron chi connectivity index (χ4n) is 1.08. The van der Waals surface area contributed by atoms with Crippen LogP contribution in [-0.2, 0) is 9.53 Å². The van der Waals surface area contributed by atoms with Gasteiger partial charge in [0.05, 0.1) is 12.0 Å². The number of benzene rings is 1. The molecule has 0 aliphatic rings. The largest absolute Gasteiger partial charge is 0.465 e. The number of hydrogen-bond acceptors (Lipinski definition) is 4. The molecule has 0 amide bonds. The fourth-order valence-corrected chi connectivity index (χ4v) is 1.08. The van der Waals surface area contributed by atoms with Crippen LogP contribution >= 0.6 is 0 Å². The minimum absolute atomic E-state index is 0.0666. The molecule has 0 unspecified atom stereocenters. The van der Waals surface area contributed by atoms with Crippen LogP contribution in [0.2, 0.25) is 0 Å². The van der Waals surface area contributed by atoms with Crippen molar-refractivity contribution in [3.8, 4) is 0 Å². The summed E-state index contributed by atoms with van der Waals surface area (Å²) in [6.07, 6.45) is 0.640. The molecule has 0 aliphatic heterocycles. The van der Waals surface area contributed by atoms with Gasteiger partial charge in [0, 0.05) is 0 Å². The Labute approximate surface area is 86.1 Å². The average Bonchev–Trinajstić information content (AvgIpc) is 2.26. The molecule has 0 spiro atoms. The second-order valence-electron chi connectivity index (χ2n) is 2.69. The molecule has 0 bridgehead atoms. The van der Waals surface area contributed by atoms with Gasteiger partial charge in [0.1, 0.15) is 5.57 Å². The maximum atomic E-state index is 11.3. The predicted octanol–water partition coefficient (Wildman–Crippen LogP) is 1.48. The van der Waals surface area contributed by atoms with Crippen molar-refractivity contribution in [1.29, 1.82) is 0 Å². The van der Waals surface area contributed by atoms with Gasteiger partial charge in [-0.15, -0.1) is 0 Å². The first-order valence-electron chi connectivity index (χ1n) is 4.14. The second kappa shape index (κ2) is 4.90. The third-order valence-electron chi connectivity index (χ3n) is 1.72. The lowest BCUT2D eigenvalue weighted by Crippen LogP contribution is -2.05. The summed E-state index contributed by atoms with van der Waals surface area (Å²) in [6, 6.07) is 8.33. The van der Waals surface area contributed by atoms with Crippen molar-refractivity contribution >= 4 is 11.5 Å². The Kier molecular flexibility index (Phi) is 3.56. The minimum atomic E-state index is -0.724. The molecule has 1 aromatic rings. The van der Waals surface area contributed by atoms with Gasteiger partial charge < -0.3 is 4.74 Å². The number of hydrogen-bond donors (Lipinski definition) is 0. The van der Waals surface area contributed by atoms with Gasteiger partial charge in [0.25, 0.3) is 0 Å². The van der Waals surface area contributed by atoms with Crippen LogP contribution in [0, 0.1) is 10.1 Å². The molecule has 15 heavy (non-hydrogen) atoms. The highest BCUT2D eigenvalue weighted by atomic mass is 16.6. The standard InChI is InChI=1S/C10H9NO4/c1-15-10(12)9(7-11(13)14)8-5-3-2-4-6-8/h2-7H,1H3/b9-7-. The molecule has 0 heterocycles. The van der Waals surface area contributed by atoms with Crippen molar-refractivity contribution in [3.63, 3.8) is 0 Å². The normalized spacial score (nSPS) is 10.9. The van der Waals surface area contributed by atoms with E-state index in [2.05, 4.69) is 4.74 Å². The maximum absolute atomic E-state index is 11.3. The van der Waals surface area contributed by atoms with Crippen LogP contribution in [0.15, 0.2) is 36.5 Å². The van der Waals surface area contributed by atoms with E-state index in [9.17, 15) is 14.9 Å². The topological polar surface area (TPSA) is 69.4 Å². The molecule has 78 valence electrons. The number of methoxy groups -OCH3 is 1. The molecule has 0 aromatic heterocycles. The first kappa shape index (κ1) is 10.9. The van der Waals surface area contributed by atoms with Gasteiger partial charge in [-0.2, -0.15) is 0 Å². The molecule has 0 saturated heterocycles. The van der Waals surface area contributed by atoms with E-state index in [0.29, 0.717) is 11.8 Å². The second-order valence-corrected chi connectivity index (χ2v) is 2.69. The van der Waals surface area contributed by atoms with Gasteiger partial charge in [-0.3, -0.25) is 10.1 Å². The number of carbonyl (C=O) groups is 1. The number of esters is 1. The van der Waals surface area contributed by atoms with E-state index < -0.39 is 10.9 Å². The Bertz CT molecular complexity index is 397. The Morgan fingerprint density at radius 2 is 2.00 bits per heavy atom. The number of nitrogens with zero attached hydrogens (tertiary/aromatic N) is 1. The van der Waals surface area contributed by atoms with Gasteiger partial charge in [0.15, 0.2) is 0 Å². The van der Waals surface area contributed by atoms with E-state index in [0.717, 1.165) is 0 Å². The van der Waals surface area contributed by atoms with Crippen LogP contribution in [-0.4, -0.2) is 18.0 Å². The van der Waals surface area contributed by atoms with Crippen molar-refractivity contribution in [2.75, 3.05) is 7.11 Å². The Hall–Kier alpha value is -2.17. The smallest absolute Gasteiger partial charge is 0.344 e. The van der Waals surface area contributed by atoms with E-state index >= 15 is 0 Å². The van der Waals surface area contributed by atoms with Crippen LogP contribution < -0.4 is 0 Å². The summed E-state index contributed by atoms with van der Waals surface area (Å²) in [5.41, 5.74) is 0.393. The van der Waals surface area contributed by atoms with Gasteiger partial charge in [-0.1, -0.05) is 30.3 Å². The molecule has 1 aromatic carbocycles. The maximum Gasteiger partial charge on any atom is 0.344 e. The Balaban J connectivity index is 3.13. The molecule has 0 radical (unpaired) electrons. The summed E-state index contributed by atoms with van der Waals surface area (Å²) in [5.74, 6) is -0.724. The van der Waals surface area contributed by atoms with E-state index in [1.165, 1.54) is 7.11 Å². The number of rotatable bonds is 3. The monoisotopic (exact) mass is 207 g/mol. The predicted molar refractivity (Wildman–Crippen MR) is 53.4 cm³/mol. The number of nitro groups is 1. The number of carbonyl (C=O) groups excluding carboxylic acids is 1. The summed E-state index contributed by atoms with van der Waals surface area (Å²) in [7, 11) is 1.18. The molecule has 1 rings (SSSR count). The molecule has 0 aliphatic carbocycles. The van der Waals surface area contributed by atoms with E-state index in [1.807, 2.05) is 0 Å². The molecule has 0 saturated carbocycles. The minimum Gasteiger partial charge on any atom is -0.465 e. The fraction of sp³-hybridized carbons (Fsp3) is 0.100. The molecule has 0 N–H and O–H groups in total. The average molecular weight is 207 g/mol. The molecule has 5 heteroatoms. The lowest BCUT2D eigenvalue weighted by Gasteiger charge is -2.01. The van der Waals surface area contributed by atoms with E-state index in [-0.39, 0.29) is 5.57 Å². The molecule has 0 atom stereocenters. The summed E-state index contributed by atoms with van der Waals surface area (Å²) in [6.45, 7) is 0. The lowest BCUT2D eigenvalue weighted by atomic mass is 10.1. The van der Waals surface area contributed by atoms with Crippen LogP contribution in [0.25, 0.3) is 5.57 Å². The van der Waals surface area contributed by atoms with Crippen LogP contribution in [0.4, 0.5) is 0 Å². The first-order valence-corrected chi connectivity index (χ1v) is 4.14. The van der Waals surface area contributed by atoms with Gasteiger partial charge in [-0.25, -0.2) is 4.79 Å². The van der Waals surface area contributed by atoms with Crippen molar-refractivity contribution in [2.24, 2.45) is 0 Å². The number of ether oxygens (including phenoxy) is 1. The summed E-state index contributed by atoms with van der Waals surface area (Å²) in [4.78, 5) is 20.9. The summed E-state index contributed by atoms with van der Waals surface area (Å²) >= 11 is 0. The van der Waals surface area contributed by atoms with Crippen LogP contribution in [0.3, 0.4) is 0 Å². The molecular weight excluding hydrogens is 198 g/mol. The van der Waals surface area contributed by atoms with Crippen molar-refractivity contribution < 1.29 is 14.5 Å². The van der Waals surface area contributed by atoms with Gasteiger partial charge >= 0.3 is 5.97 Å². The summed E-state index contributed by atoms with van der Waals surface area (Å²) in [5, 5.41) is 10.3. The highest BCUT2D eigenvalue weighted by Gasteiger charge is 2.15. The highest BCUT2D eigenvalue weighted by molar-refractivity contribution is 6.15. The zero-order valence-corrected chi connectivity index (χ0v) is 8.04. The lowest BCUT2D eigenvalue weighted by molar-refractivity contribution is -0.401. The van der Waals surface area contributed by atoms with E-state index in [1.54, 1.807) is 30.3 Å².